The van der Waals surface area contributed by atoms with Gasteiger partial charge in [0.15, 0.2) is 0 Å². The predicted molar refractivity (Wildman–Crippen MR) is 109 cm³/mol. The lowest BCUT2D eigenvalue weighted by Crippen LogP contribution is -2.37. The average molecular weight is 423 g/mol. The van der Waals surface area contributed by atoms with E-state index in [2.05, 4.69) is 16.2 Å². The SMILES string of the molecule is COc1ccc(-c2ccc(S(=O)(=O)N3CCc4[c]nc(C(N)=O)nc4C3)cc2)cc1. The van der Waals surface area contributed by atoms with Gasteiger partial charge >= 0.3 is 0 Å². The number of sulfonamides is 1. The van der Waals surface area contributed by atoms with Crippen LogP contribution in [0.2, 0.25) is 0 Å². The van der Waals surface area contributed by atoms with Crippen molar-refractivity contribution in [3.8, 4) is 16.9 Å². The zero-order valence-corrected chi connectivity index (χ0v) is 17.0. The third-order valence-electron chi connectivity index (χ3n) is 4.96. The fourth-order valence-corrected chi connectivity index (χ4v) is 4.69. The van der Waals surface area contributed by atoms with E-state index < -0.39 is 15.9 Å². The fourth-order valence-electron chi connectivity index (χ4n) is 3.29. The number of methoxy groups -OCH3 is 1. The number of fused-ring (bicyclic) bond motifs is 1. The van der Waals surface area contributed by atoms with Crippen molar-refractivity contribution < 1.29 is 17.9 Å². The molecule has 0 bridgehead atoms. The van der Waals surface area contributed by atoms with Crippen LogP contribution in [0.5, 0.6) is 5.75 Å². The number of rotatable bonds is 5. The highest BCUT2D eigenvalue weighted by Crippen LogP contribution is 2.27. The number of primary amides is 1. The number of nitrogens with zero attached hydrogens (tertiary/aromatic N) is 3. The topological polar surface area (TPSA) is 115 Å². The van der Waals surface area contributed by atoms with Crippen molar-refractivity contribution in [2.45, 2.75) is 17.9 Å². The lowest BCUT2D eigenvalue weighted by Gasteiger charge is -2.27. The summed E-state index contributed by atoms with van der Waals surface area (Å²) in [5.41, 5.74) is 8.21. The van der Waals surface area contributed by atoms with Crippen molar-refractivity contribution in [2.24, 2.45) is 5.73 Å². The Labute approximate surface area is 174 Å². The summed E-state index contributed by atoms with van der Waals surface area (Å²) in [6.07, 6.45) is 3.15. The van der Waals surface area contributed by atoms with E-state index in [4.69, 9.17) is 10.5 Å². The van der Waals surface area contributed by atoms with Gasteiger partial charge in [-0.1, -0.05) is 24.3 Å². The molecular formula is C21H19N4O4S. The zero-order chi connectivity index (χ0) is 21.3. The standard InChI is InChI=1S/C21H19N4O4S/c1-29-17-6-2-14(3-7-17)15-4-8-18(9-5-15)30(27,28)25-11-10-16-12-23-21(20(22)26)24-19(16)13-25/h2-9H,10-11,13H2,1H3,(H2,22,26). The largest absolute Gasteiger partial charge is 0.497 e. The van der Waals surface area contributed by atoms with Crippen molar-refractivity contribution in [3.63, 3.8) is 0 Å². The van der Waals surface area contributed by atoms with E-state index in [0.717, 1.165) is 16.9 Å². The van der Waals surface area contributed by atoms with Gasteiger partial charge in [-0.3, -0.25) is 4.79 Å². The van der Waals surface area contributed by atoms with Crippen molar-refractivity contribution >= 4 is 15.9 Å². The van der Waals surface area contributed by atoms with E-state index >= 15 is 0 Å². The van der Waals surface area contributed by atoms with Crippen molar-refractivity contribution in [1.29, 1.82) is 0 Å². The number of nitrogens with two attached hydrogens (primary N) is 1. The summed E-state index contributed by atoms with van der Waals surface area (Å²) in [6.45, 7) is 0.322. The summed E-state index contributed by atoms with van der Waals surface area (Å²) in [7, 11) is -2.12. The van der Waals surface area contributed by atoms with Gasteiger partial charge in [-0.15, -0.1) is 0 Å². The Balaban J connectivity index is 1.57. The fraction of sp³-hybridized carbons (Fsp3) is 0.190. The molecule has 1 radical (unpaired) electrons. The first kappa shape index (κ1) is 20.0. The minimum absolute atomic E-state index is 0.0389. The van der Waals surface area contributed by atoms with Crippen molar-refractivity contribution in [3.05, 3.63) is 71.8 Å². The molecule has 3 aromatic rings. The van der Waals surface area contributed by atoms with Gasteiger partial charge in [-0.25, -0.2) is 18.4 Å². The van der Waals surface area contributed by atoms with Crippen LogP contribution in [0.1, 0.15) is 21.9 Å². The van der Waals surface area contributed by atoms with E-state index in [1.807, 2.05) is 24.3 Å². The van der Waals surface area contributed by atoms with Gasteiger partial charge < -0.3 is 10.5 Å². The lowest BCUT2D eigenvalue weighted by molar-refractivity contribution is 0.0989. The molecule has 0 spiro atoms. The molecular weight excluding hydrogens is 404 g/mol. The molecule has 30 heavy (non-hydrogen) atoms. The second-order valence-corrected chi connectivity index (χ2v) is 8.73. The molecule has 1 aliphatic heterocycles. The Bertz CT molecular complexity index is 1190. The first-order valence-electron chi connectivity index (χ1n) is 9.20. The van der Waals surface area contributed by atoms with E-state index in [-0.39, 0.29) is 23.8 Å². The summed E-state index contributed by atoms with van der Waals surface area (Å²) >= 11 is 0. The van der Waals surface area contributed by atoms with Crippen LogP contribution in [0.15, 0.2) is 53.4 Å². The molecule has 1 aromatic heterocycles. The molecule has 2 aromatic carbocycles. The van der Waals surface area contributed by atoms with E-state index in [0.29, 0.717) is 17.7 Å². The van der Waals surface area contributed by atoms with Crippen LogP contribution in [0.3, 0.4) is 0 Å². The van der Waals surface area contributed by atoms with Crippen LogP contribution in [0.4, 0.5) is 0 Å². The van der Waals surface area contributed by atoms with Crippen LogP contribution < -0.4 is 10.5 Å². The molecule has 0 fully saturated rings. The Morgan fingerprint density at radius 1 is 1.10 bits per heavy atom. The van der Waals surface area contributed by atoms with Crippen LogP contribution in [0.25, 0.3) is 11.1 Å². The van der Waals surface area contributed by atoms with E-state index in [1.165, 1.54) is 4.31 Å². The van der Waals surface area contributed by atoms with Gasteiger partial charge in [-0.2, -0.15) is 4.31 Å². The van der Waals surface area contributed by atoms with E-state index in [1.54, 1.807) is 31.4 Å². The van der Waals surface area contributed by atoms with Crippen LogP contribution in [0, 0.1) is 6.20 Å². The minimum atomic E-state index is -3.72. The van der Waals surface area contributed by atoms with Crippen LogP contribution in [-0.4, -0.2) is 42.3 Å². The molecule has 2 heterocycles. The number of hydrogen-bond donors (Lipinski definition) is 1. The molecule has 1 amide bonds. The monoisotopic (exact) mass is 423 g/mol. The predicted octanol–water partition coefficient (Wildman–Crippen LogP) is 1.80. The second-order valence-electron chi connectivity index (χ2n) is 6.79. The highest BCUT2D eigenvalue weighted by molar-refractivity contribution is 7.89. The van der Waals surface area contributed by atoms with Gasteiger partial charge in [0.2, 0.25) is 15.8 Å². The lowest BCUT2D eigenvalue weighted by atomic mass is 10.1. The smallest absolute Gasteiger partial charge is 0.286 e. The van der Waals surface area contributed by atoms with Gasteiger partial charge in [0.05, 0.1) is 30.4 Å². The number of benzene rings is 2. The Morgan fingerprint density at radius 3 is 2.33 bits per heavy atom. The Morgan fingerprint density at radius 2 is 1.73 bits per heavy atom. The average Bonchev–Trinajstić information content (AvgIpc) is 2.78. The Hall–Kier alpha value is -3.30. The van der Waals surface area contributed by atoms with Gasteiger partial charge in [0.25, 0.3) is 5.91 Å². The molecule has 1 aliphatic rings. The molecule has 2 N–H and O–H groups in total. The van der Waals surface area contributed by atoms with Gasteiger partial charge in [0, 0.05) is 12.1 Å². The summed E-state index contributed by atoms with van der Waals surface area (Å²) in [5.74, 6) is -0.191. The molecule has 153 valence electrons. The normalized spacial score (nSPS) is 14.2. The van der Waals surface area contributed by atoms with Crippen LogP contribution >= 0.6 is 0 Å². The molecule has 4 rings (SSSR count). The number of aromatic nitrogens is 2. The van der Waals surface area contributed by atoms with Crippen molar-refractivity contribution in [1.82, 2.24) is 14.3 Å². The highest BCUT2D eigenvalue weighted by atomic mass is 32.2. The summed E-state index contributed by atoms with van der Waals surface area (Å²) in [4.78, 5) is 19.4. The minimum Gasteiger partial charge on any atom is -0.497 e. The molecule has 0 aliphatic carbocycles. The van der Waals surface area contributed by atoms with Crippen LogP contribution in [-0.2, 0) is 23.0 Å². The maximum atomic E-state index is 13.1. The third-order valence-corrected chi connectivity index (χ3v) is 6.82. The number of ether oxygens (including phenoxy) is 1. The molecule has 0 atom stereocenters. The molecule has 9 heteroatoms. The summed E-state index contributed by atoms with van der Waals surface area (Å²) in [6, 6.07) is 14.2. The van der Waals surface area contributed by atoms with Gasteiger partial charge in [-0.05, 0) is 41.8 Å². The zero-order valence-electron chi connectivity index (χ0n) is 16.2. The summed E-state index contributed by atoms with van der Waals surface area (Å²) in [5, 5.41) is 0. The van der Waals surface area contributed by atoms with Gasteiger partial charge in [0.1, 0.15) is 5.75 Å². The second kappa shape index (κ2) is 7.85. The molecule has 8 nitrogen and oxygen atoms in total. The molecule has 0 saturated heterocycles. The number of carbonyl (C=O) groups excluding carboxylic acids is 1. The molecule has 0 saturated carbocycles. The maximum absolute atomic E-state index is 13.1. The number of hydrogen-bond acceptors (Lipinski definition) is 6. The quantitative estimate of drug-likeness (QED) is 0.669. The number of carbonyl (C=O) groups is 1. The highest BCUT2D eigenvalue weighted by Gasteiger charge is 2.30. The van der Waals surface area contributed by atoms with Crippen molar-refractivity contribution in [2.75, 3.05) is 13.7 Å². The first-order chi connectivity index (χ1) is 14.4. The maximum Gasteiger partial charge on any atom is 0.286 e. The van der Waals surface area contributed by atoms with E-state index in [9.17, 15) is 13.2 Å². The third kappa shape index (κ3) is 3.77. The summed E-state index contributed by atoms with van der Waals surface area (Å²) < 4.78 is 32.7. The molecule has 0 unspecified atom stereocenters. The Kier molecular flexibility index (Phi) is 5.23. The number of amides is 1. The first-order valence-corrected chi connectivity index (χ1v) is 10.6.